The fourth-order valence-corrected chi connectivity index (χ4v) is 4.17. The summed E-state index contributed by atoms with van der Waals surface area (Å²) in [5, 5.41) is 5.95. The zero-order valence-electron chi connectivity index (χ0n) is 14.4. The molecule has 0 radical (unpaired) electrons. The maximum atomic E-state index is 14.3. The third-order valence-corrected chi connectivity index (χ3v) is 5.69. The van der Waals surface area contributed by atoms with E-state index in [2.05, 4.69) is 15.6 Å². The van der Waals surface area contributed by atoms with Gasteiger partial charge < -0.3 is 20.1 Å². The van der Waals surface area contributed by atoms with E-state index in [1.165, 1.54) is 32.4 Å². The van der Waals surface area contributed by atoms with Crippen LogP contribution in [0.3, 0.4) is 0 Å². The molecule has 1 aromatic heterocycles. The lowest BCUT2D eigenvalue weighted by Crippen LogP contribution is -2.55. The standard InChI is InChI=1S/C18H24FN3O3/c1-24-16-12(9-21-15(23)14-3-2-4-20-14)5-13(19)17(22-16)25-10-18-6-11(7-18)8-18/h5,11,14,20H,2-4,6-10H2,1H3,(H,21,23)/t11?,14-,18?/m0/s1. The largest absolute Gasteiger partial charge is 0.481 e. The summed E-state index contributed by atoms with van der Waals surface area (Å²) < 4.78 is 25.2. The summed E-state index contributed by atoms with van der Waals surface area (Å²) >= 11 is 0. The molecule has 7 heteroatoms. The molecule has 5 rings (SSSR count). The number of carbonyl (C=O) groups is 1. The zero-order chi connectivity index (χ0) is 17.4. The second-order valence-electron chi connectivity index (χ2n) is 7.58. The Balaban J connectivity index is 1.39. The van der Waals surface area contributed by atoms with Crippen molar-refractivity contribution in [3.63, 3.8) is 0 Å². The molecule has 1 amide bonds. The Labute approximate surface area is 146 Å². The van der Waals surface area contributed by atoms with Gasteiger partial charge in [0, 0.05) is 17.5 Å². The second kappa shape index (κ2) is 6.44. The number of ether oxygens (including phenoxy) is 2. The number of amides is 1. The first-order valence-electron chi connectivity index (χ1n) is 8.96. The minimum Gasteiger partial charge on any atom is -0.481 e. The number of hydrogen-bond donors (Lipinski definition) is 2. The molecule has 1 saturated heterocycles. The molecular formula is C18H24FN3O3. The number of rotatable bonds is 7. The van der Waals surface area contributed by atoms with Gasteiger partial charge in [0.05, 0.1) is 19.8 Å². The van der Waals surface area contributed by atoms with Crippen LogP contribution in [-0.4, -0.2) is 37.2 Å². The first-order valence-corrected chi connectivity index (χ1v) is 8.96. The predicted molar refractivity (Wildman–Crippen MR) is 88.9 cm³/mol. The van der Waals surface area contributed by atoms with E-state index >= 15 is 0 Å². The van der Waals surface area contributed by atoms with Crippen molar-refractivity contribution in [2.45, 2.75) is 44.7 Å². The number of carbonyl (C=O) groups excluding carboxylic acids is 1. The summed E-state index contributed by atoms with van der Waals surface area (Å²) in [6.45, 7) is 1.54. The first kappa shape index (κ1) is 16.6. The maximum absolute atomic E-state index is 14.3. The maximum Gasteiger partial charge on any atom is 0.253 e. The lowest BCUT2D eigenvalue weighted by atomic mass is 9.45. The molecule has 136 valence electrons. The summed E-state index contributed by atoms with van der Waals surface area (Å²) in [5.74, 6) is 0.527. The highest BCUT2D eigenvalue weighted by Crippen LogP contribution is 2.64. The highest BCUT2D eigenvalue weighted by molar-refractivity contribution is 5.82. The normalized spacial score (nSPS) is 29.5. The smallest absolute Gasteiger partial charge is 0.253 e. The fraction of sp³-hybridized carbons (Fsp3) is 0.667. The number of nitrogens with zero attached hydrogens (tertiary/aromatic N) is 1. The Morgan fingerprint density at radius 1 is 1.44 bits per heavy atom. The molecule has 0 spiro atoms. The average molecular weight is 349 g/mol. The summed E-state index contributed by atoms with van der Waals surface area (Å²) in [4.78, 5) is 16.2. The van der Waals surface area contributed by atoms with E-state index in [4.69, 9.17) is 9.47 Å². The molecule has 1 aliphatic heterocycles. The van der Waals surface area contributed by atoms with Crippen LogP contribution in [0.5, 0.6) is 11.8 Å². The lowest BCUT2D eigenvalue weighted by Gasteiger charge is -2.61. The van der Waals surface area contributed by atoms with Crippen LogP contribution in [0.4, 0.5) is 4.39 Å². The quantitative estimate of drug-likeness (QED) is 0.785. The molecule has 3 saturated carbocycles. The fourth-order valence-electron chi connectivity index (χ4n) is 4.17. The van der Waals surface area contributed by atoms with Gasteiger partial charge in [-0.1, -0.05) is 0 Å². The number of nitrogens with one attached hydrogen (secondary N) is 2. The Bertz CT molecular complexity index is 659. The van der Waals surface area contributed by atoms with E-state index in [0.29, 0.717) is 12.2 Å². The number of halogens is 1. The van der Waals surface area contributed by atoms with Gasteiger partial charge in [-0.2, -0.15) is 4.98 Å². The molecular weight excluding hydrogens is 325 g/mol. The molecule has 2 N–H and O–H groups in total. The highest BCUT2D eigenvalue weighted by Gasteiger charge is 2.57. The van der Waals surface area contributed by atoms with Gasteiger partial charge in [-0.15, -0.1) is 0 Å². The van der Waals surface area contributed by atoms with Crippen molar-refractivity contribution in [3.8, 4) is 11.8 Å². The molecule has 2 heterocycles. The molecule has 3 aliphatic carbocycles. The Kier molecular flexibility index (Phi) is 4.27. The van der Waals surface area contributed by atoms with E-state index in [9.17, 15) is 9.18 Å². The summed E-state index contributed by atoms with van der Waals surface area (Å²) in [6, 6.07) is 1.17. The van der Waals surface area contributed by atoms with Gasteiger partial charge in [0.25, 0.3) is 5.88 Å². The van der Waals surface area contributed by atoms with E-state index in [0.717, 1.165) is 25.3 Å². The third-order valence-electron chi connectivity index (χ3n) is 5.69. The van der Waals surface area contributed by atoms with Crippen LogP contribution in [-0.2, 0) is 11.3 Å². The van der Waals surface area contributed by atoms with Crippen molar-refractivity contribution in [1.82, 2.24) is 15.6 Å². The van der Waals surface area contributed by atoms with Crippen molar-refractivity contribution >= 4 is 5.91 Å². The van der Waals surface area contributed by atoms with Crippen molar-refractivity contribution in [3.05, 3.63) is 17.4 Å². The van der Waals surface area contributed by atoms with Crippen molar-refractivity contribution in [2.24, 2.45) is 11.3 Å². The van der Waals surface area contributed by atoms with Crippen molar-refractivity contribution < 1.29 is 18.7 Å². The monoisotopic (exact) mass is 349 g/mol. The zero-order valence-corrected chi connectivity index (χ0v) is 14.4. The minimum atomic E-state index is -0.518. The van der Waals surface area contributed by atoms with E-state index in [1.54, 1.807) is 0 Å². The average Bonchev–Trinajstić information content (AvgIpc) is 3.06. The van der Waals surface area contributed by atoms with Crippen LogP contribution in [0.25, 0.3) is 0 Å². The number of methoxy groups -OCH3 is 1. The van der Waals surface area contributed by atoms with Gasteiger partial charge in [-0.25, -0.2) is 4.39 Å². The Morgan fingerprint density at radius 2 is 2.24 bits per heavy atom. The van der Waals surface area contributed by atoms with Gasteiger partial charge >= 0.3 is 0 Å². The van der Waals surface area contributed by atoms with Gasteiger partial charge in [0.15, 0.2) is 5.82 Å². The number of pyridine rings is 1. The van der Waals surface area contributed by atoms with E-state index in [1.807, 2.05) is 0 Å². The molecule has 6 nitrogen and oxygen atoms in total. The van der Waals surface area contributed by atoms with Crippen LogP contribution in [0, 0.1) is 17.2 Å². The molecule has 25 heavy (non-hydrogen) atoms. The van der Waals surface area contributed by atoms with Crippen LogP contribution in [0.1, 0.15) is 37.7 Å². The van der Waals surface area contributed by atoms with Crippen LogP contribution in [0.15, 0.2) is 6.07 Å². The number of aromatic nitrogens is 1. The van der Waals surface area contributed by atoms with Crippen LogP contribution < -0.4 is 20.1 Å². The molecule has 4 aliphatic rings. The summed E-state index contributed by atoms with van der Waals surface area (Å²) in [7, 11) is 1.48. The molecule has 0 aromatic carbocycles. The van der Waals surface area contributed by atoms with Gasteiger partial charge in [0.1, 0.15) is 0 Å². The Hall–Kier alpha value is -1.89. The van der Waals surface area contributed by atoms with Crippen molar-refractivity contribution in [2.75, 3.05) is 20.3 Å². The topological polar surface area (TPSA) is 72.5 Å². The minimum absolute atomic E-state index is 0.0193. The van der Waals surface area contributed by atoms with Crippen LogP contribution >= 0.6 is 0 Å². The summed E-state index contributed by atoms with van der Waals surface area (Å²) in [5.41, 5.74) is 0.761. The number of hydrogen-bond acceptors (Lipinski definition) is 5. The SMILES string of the molecule is COc1nc(OCC23CC(C2)C3)c(F)cc1CNC(=O)[C@@H]1CCCN1. The highest BCUT2D eigenvalue weighted by atomic mass is 19.1. The van der Waals surface area contributed by atoms with Crippen molar-refractivity contribution in [1.29, 1.82) is 0 Å². The van der Waals surface area contributed by atoms with E-state index in [-0.39, 0.29) is 35.7 Å². The van der Waals surface area contributed by atoms with Crippen LogP contribution in [0.2, 0.25) is 0 Å². The lowest BCUT2D eigenvalue weighted by molar-refractivity contribution is -0.133. The summed E-state index contributed by atoms with van der Waals surface area (Å²) in [6.07, 6.45) is 5.37. The van der Waals surface area contributed by atoms with E-state index < -0.39 is 5.82 Å². The molecule has 4 fully saturated rings. The molecule has 1 aromatic rings. The third kappa shape index (κ3) is 3.17. The van der Waals surface area contributed by atoms with Gasteiger partial charge in [0.2, 0.25) is 11.8 Å². The molecule has 2 bridgehead atoms. The first-order chi connectivity index (χ1) is 12.1. The van der Waals surface area contributed by atoms with Gasteiger partial charge in [-0.3, -0.25) is 4.79 Å². The second-order valence-corrected chi connectivity index (χ2v) is 7.58. The molecule has 1 atom stereocenters. The Morgan fingerprint density at radius 3 is 2.84 bits per heavy atom. The van der Waals surface area contributed by atoms with Gasteiger partial charge in [-0.05, 0) is 50.6 Å². The molecule has 0 unspecified atom stereocenters. The predicted octanol–water partition coefficient (Wildman–Crippen LogP) is 1.78.